The summed E-state index contributed by atoms with van der Waals surface area (Å²) in [5, 5.41) is 6.29. The number of hydrogen-bond donors (Lipinski definition) is 2. The Hall–Kier alpha value is -1.47. The van der Waals surface area contributed by atoms with Crippen LogP contribution in [0.25, 0.3) is 0 Å². The van der Waals surface area contributed by atoms with E-state index in [2.05, 4.69) is 22.3 Å². The summed E-state index contributed by atoms with van der Waals surface area (Å²) in [5.74, 6) is 1.01. The molecular formula is C14H20N2O4S. The highest BCUT2D eigenvalue weighted by Gasteiger charge is 2.25. The fraction of sp³-hybridized carbons (Fsp3) is 0.571. The van der Waals surface area contributed by atoms with Gasteiger partial charge in [-0.2, -0.15) is 0 Å². The lowest BCUT2D eigenvalue weighted by atomic mass is 10.1. The highest BCUT2D eigenvalue weighted by molar-refractivity contribution is 7.99. The molecule has 1 aliphatic heterocycles. The Morgan fingerprint density at radius 1 is 1.52 bits per heavy atom. The molecule has 0 aliphatic carbocycles. The molecule has 2 atom stereocenters. The monoisotopic (exact) mass is 312 g/mol. The summed E-state index contributed by atoms with van der Waals surface area (Å²) in [5.41, 5.74) is -0.130. The minimum Gasteiger partial charge on any atom is -0.463 e. The van der Waals surface area contributed by atoms with Gasteiger partial charge in [-0.1, -0.05) is 13.3 Å². The van der Waals surface area contributed by atoms with Gasteiger partial charge in [0.15, 0.2) is 0 Å². The Morgan fingerprint density at radius 3 is 3.05 bits per heavy atom. The average Bonchev–Trinajstić information content (AvgIpc) is 2.93. The van der Waals surface area contributed by atoms with Crippen LogP contribution in [-0.2, 0) is 15.3 Å². The van der Waals surface area contributed by atoms with Crippen LogP contribution in [0, 0.1) is 0 Å². The van der Waals surface area contributed by atoms with E-state index in [9.17, 15) is 9.59 Å². The number of nitrogens with one attached hydrogen (secondary N) is 2. The summed E-state index contributed by atoms with van der Waals surface area (Å²) in [6.45, 7) is 2.10. The molecule has 1 amide bonds. The van der Waals surface area contributed by atoms with Crippen LogP contribution in [0.1, 0.15) is 42.5 Å². The lowest BCUT2D eigenvalue weighted by Gasteiger charge is -2.30. The van der Waals surface area contributed by atoms with Crippen LogP contribution in [0.3, 0.4) is 0 Å². The van der Waals surface area contributed by atoms with Crippen molar-refractivity contribution in [3.63, 3.8) is 0 Å². The van der Waals surface area contributed by atoms with Crippen LogP contribution >= 0.6 is 11.8 Å². The second kappa shape index (κ2) is 7.51. The van der Waals surface area contributed by atoms with Crippen molar-refractivity contribution in [2.24, 2.45) is 0 Å². The number of thioether (sulfide) groups is 1. The molecule has 1 fully saturated rings. The van der Waals surface area contributed by atoms with E-state index in [1.54, 1.807) is 12.1 Å². The minimum absolute atomic E-state index is 0.0689. The van der Waals surface area contributed by atoms with Crippen molar-refractivity contribution < 1.29 is 18.7 Å². The van der Waals surface area contributed by atoms with Gasteiger partial charge in [-0.25, -0.2) is 4.79 Å². The van der Waals surface area contributed by atoms with Crippen LogP contribution < -0.4 is 10.6 Å². The summed E-state index contributed by atoms with van der Waals surface area (Å²) in [7, 11) is 1.31. The van der Waals surface area contributed by atoms with E-state index >= 15 is 0 Å². The van der Waals surface area contributed by atoms with Crippen molar-refractivity contribution in [2.75, 3.05) is 7.11 Å². The maximum absolute atomic E-state index is 11.7. The van der Waals surface area contributed by atoms with Crippen LogP contribution in [0.2, 0.25) is 0 Å². The van der Waals surface area contributed by atoms with Crippen molar-refractivity contribution >= 4 is 23.6 Å². The first-order valence-corrected chi connectivity index (χ1v) is 8.01. The SMILES string of the molecule is CCCC1CC(=O)NC(SCc2ccc(C(=O)OC)o2)N1. The van der Waals surface area contributed by atoms with Crippen LogP contribution in [-0.4, -0.2) is 30.5 Å². The Kier molecular flexibility index (Phi) is 5.69. The van der Waals surface area contributed by atoms with Gasteiger partial charge in [0.25, 0.3) is 0 Å². The Bertz CT molecular complexity index is 503. The smallest absolute Gasteiger partial charge is 0.373 e. The molecule has 1 aromatic heterocycles. The Labute approximate surface area is 128 Å². The number of methoxy groups -OCH3 is 1. The number of ether oxygens (including phenoxy) is 1. The van der Waals surface area contributed by atoms with Crippen molar-refractivity contribution in [3.8, 4) is 0 Å². The van der Waals surface area contributed by atoms with E-state index in [-0.39, 0.29) is 23.2 Å². The number of carbonyl (C=O) groups excluding carboxylic acids is 2. The first-order valence-electron chi connectivity index (χ1n) is 6.96. The molecule has 2 rings (SSSR count). The predicted octanol–water partition coefficient (Wildman–Crippen LogP) is 1.86. The Morgan fingerprint density at radius 2 is 2.33 bits per heavy atom. The summed E-state index contributed by atoms with van der Waals surface area (Å²) in [4.78, 5) is 23.0. The van der Waals surface area contributed by atoms with E-state index in [4.69, 9.17) is 4.42 Å². The highest BCUT2D eigenvalue weighted by Crippen LogP contribution is 2.21. The van der Waals surface area contributed by atoms with Gasteiger partial charge in [0, 0.05) is 12.5 Å². The highest BCUT2D eigenvalue weighted by atomic mass is 32.2. The van der Waals surface area contributed by atoms with Crippen molar-refractivity contribution in [1.82, 2.24) is 10.6 Å². The van der Waals surface area contributed by atoms with E-state index in [1.165, 1.54) is 18.9 Å². The van der Waals surface area contributed by atoms with Crippen LogP contribution in [0.5, 0.6) is 0 Å². The number of furan rings is 1. The molecule has 0 saturated carbocycles. The van der Waals surface area contributed by atoms with Gasteiger partial charge in [0.1, 0.15) is 11.3 Å². The minimum atomic E-state index is -0.488. The molecule has 21 heavy (non-hydrogen) atoms. The number of hydrogen-bond acceptors (Lipinski definition) is 6. The number of rotatable bonds is 6. The summed E-state index contributed by atoms with van der Waals surface area (Å²) >= 11 is 1.53. The molecule has 1 aliphatic rings. The zero-order chi connectivity index (χ0) is 15.2. The van der Waals surface area contributed by atoms with Crippen molar-refractivity contribution in [1.29, 1.82) is 0 Å². The summed E-state index contributed by atoms with van der Waals surface area (Å²) in [6.07, 6.45) is 2.55. The zero-order valence-corrected chi connectivity index (χ0v) is 13.0. The first kappa shape index (κ1) is 15.9. The average molecular weight is 312 g/mol. The molecule has 2 N–H and O–H groups in total. The molecule has 0 bridgehead atoms. The molecule has 1 saturated heterocycles. The third-order valence-corrected chi connectivity index (χ3v) is 4.23. The van der Waals surface area contributed by atoms with E-state index < -0.39 is 5.97 Å². The van der Waals surface area contributed by atoms with Gasteiger partial charge in [-0.15, -0.1) is 11.8 Å². The molecule has 0 radical (unpaired) electrons. The second-order valence-corrected chi connectivity index (χ2v) is 5.97. The number of amides is 1. The van der Waals surface area contributed by atoms with Gasteiger partial charge in [0.2, 0.25) is 11.7 Å². The fourth-order valence-electron chi connectivity index (χ4n) is 2.20. The molecule has 0 spiro atoms. The third-order valence-electron chi connectivity index (χ3n) is 3.19. The molecule has 6 nitrogen and oxygen atoms in total. The Balaban J connectivity index is 1.85. The van der Waals surface area contributed by atoms with Gasteiger partial charge in [-0.3, -0.25) is 10.1 Å². The zero-order valence-electron chi connectivity index (χ0n) is 12.2. The normalized spacial score (nSPS) is 21.9. The van der Waals surface area contributed by atoms with Crippen molar-refractivity contribution in [3.05, 3.63) is 23.7 Å². The van der Waals surface area contributed by atoms with Gasteiger partial charge in [0.05, 0.1) is 12.9 Å². The maximum atomic E-state index is 11.7. The largest absolute Gasteiger partial charge is 0.463 e. The lowest BCUT2D eigenvalue weighted by molar-refractivity contribution is -0.123. The molecule has 2 unspecified atom stereocenters. The van der Waals surface area contributed by atoms with Gasteiger partial charge < -0.3 is 14.5 Å². The molecule has 2 heterocycles. The van der Waals surface area contributed by atoms with Crippen LogP contribution in [0.4, 0.5) is 0 Å². The summed E-state index contributed by atoms with van der Waals surface area (Å²) < 4.78 is 9.98. The second-order valence-electron chi connectivity index (χ2n) is 4.87. The lowest BCUT2D eigenvalue weighted by Crippen LogP contribution is -2.54. The molecule has 0 aromatic carbocycles. The van der Waals surface area contributed by atoms with E-state index in [0.717, 1.165) is 12.8 Å². The van der Waals surface area contributed by atoms with Gasteiger partial charge >= 0.3 is 5.97 Å². The fourth-order valence-corrected chi connectivity index (χ4v) is 3.19. The van der Waals surface area contributed by atoms with Gasteiger partial charge in [-0.05, 0) is 18.6 Å². The molecular weight excluding hydrogens is 292 g/mol. The molecule has 116 valence electrons. The summed E-state index contributed by atoms with van der Waals surface area (Å²) in [6, 6.07) is 3.56. The third kappa shape index (κ3) is 4.50. The molecule has 1 aromatic rings. The quantitative estimate of drug-likeness (QED) is 0.781. The standard InChI is InChI=1S/C14H20N2O4S/c1-3-4-9-7-12(17)16-14(15-9)21-8-10-5-6-11(20-10)13(18)19-2/h5-6,9,14-15H,3-4,7-8H2,1-2H3,(H,16,17). The maximum Gasteiger partial charge on any atom is 0.373 e. The van der Waals surface area contributed by atoms with E-state index in [1.807, 2.05) is 0 Å². The predicted molar refractivity (Wildman–Crippen MR) is 79.7 cm³/mol. The molecule has 7 heteroatoms. The first-order chi connectivity index (χ1) is 10.1. The topological polar surface area (TPSA) is 80.6 Å². The van der Waals surface area contributed by atoms with E-state index in [0.29, 0.717) is 17.9 Å². The van der Waals surface area contributed by atoms with Crippen LogP contribution in [0.15, 0.2) is 16.5 Å². The number of esters is 1. The van der Waals surface area contributed by atoms with Crippen molar-refractivity contribution in [2.45, 2.75) is 43.5 Å². The number of carbonyl (C=O) groups is 2.